The van der Waals surface area contributed by atoms with Crippen LogP contribution in [-0.4, -0.2) is 80.3 Å². The normalized spacial score (nSPS) is 31.1. The Morgan fingerprint density at radius 2 is 1.84 bits per heavy atom. The first-order valence-corrected chi connectivity index (χ1v) is 8.21. The Hall–Kier alpha value is -1.31. The van der Waals surface area contributed by atoms with Crippen molar-refractivity contribution >= 4 is 23.8 Å². The highest BCUT2D eigenvalue weighted by atomic mass is 32.2. The quantitative estimate of drug-likeness (QED) is 0.207. The molecular formula is C13H23N3O8S. The highest BCUT2D eigenvalue weighted by molar-refractivity contribution is 7.99. The number of carbonyl (C=O) groups excluding carboxylic acids is 2. The molecule has 0 aliphatic carbocycles. The Morgan fingerprint density at radius 1 is 1.24 bits per heavy atom. The SMILES string of the molecule is CC(=O)NC(C(=O)N[C@@H]1OC(CO)[C@H](O)C(O)C1O)C(C)(C)SN=O. The van der Waals surface area contributed by atoms with Crippen LogP contribution in [0.25, 0.3) is 0 Å². The predicted octanol–water partition coefficient (Wildman–Crippen LogP) is -2.40. The molecule has 1 heterocycles. The third-order valence-corrected chi connectivity index (χ3v) is 4.54. The first-order chi connectivity index (χ1) is 11.5. The van der Waals surface area contributed by atoms with Crippen LogP contribution in [0.4, 0.5) is 0 Å². The molecule has 0 spiro atoms. The van der Waals surface area contributed by atoms with Gasteiger partial charge >= 0.3 is 0 Å². The maximum absolute atomic E-state index is 12.5. The minimum Gasteiger partial charge on any atom is -0.394 e. The minimum absolute atomic E-state index is 0.534. The highest BCUT2D eigenvalue weighted by Crippen LogP contribution is 2.29. The molecule has 6 atom stereocenters. The van der Waals surface area contributed by atoms with Gasteiger partial charge in [-0.05, 0) is 13.8 Å². The lowest BCUT2D eigenvalue weighted by Crippen LogP contribution is -2.66. The fourth-order valence-corrected chi connectivity index (χ4v) is 2.81. The molecule has 144 valence electrons. The Balaban J connectivity index is 2.94. The van der Waals surface area contributed by atoms with Crippen LogP contribution in [0.1, 0.15) is 20.8 Å². The summed E-state index contributed by atoms with van der Waals surface area (Å²) in [7, 11) is 0. The van der Waals surface area contributed by atoms with Gasteiger partial charge in [0.25, 0.3) is 0 Å². The molecule has 0 aromatic heterocycles. The van der Waals surface area contributed by atoms with Crippen molar-refractivity contribution < 1.29 is 34.8 Å². The monoisotopic (exact) mass is 381 g/mol. The van der Waals surface area contributed by atoms with Crippen molar-refractivity contribution in [1.29, 1.82) is 0 Å². The molecule has 6 N–H and O–H groups in total. The van der Waals surface area contributed by atoms with E-state index in [4.69, 9.17) is 9.84 Å². The topological polar surface area (TPSA) is 178 Å². The Bertz CT molecular complexity index is 504. The lowest BCUT2D eigenvalue weighted by Gasteiger charge is -2.41. The van der Waals surface area contributed by atoms with Gasteiger partial charge in [-0.2, -0.15) is 0 Å². The fourth-order valence-electron chi connectivity index (χ4n) is 2.35. The number of hydrogen-bond acceptors (Lipinski definition) is 10. The van der Waals surface area contributed by atoms with Crippen LogP contribution in [0.5, 0.6) is 0 Å². The predicted molar refractivity (Wildman–Crippen MR) is 87.0 cm³/mol. The molecule has 11 nitrogen and oxygen atoms in total. The molecule has 1 saturated heterocycles. The van der Waals surface area contributed by atoms with Crippen molar-refractivity contribution in [1.82, 2.24) is 10.6 Å². The van der Waals surface area contributed by atoms with Crippen LogP contribution in [0.2, 0.25) is 0 Å². The van der Waals surface area contributed by atoms with Crippen molar-refractivity contribution in [2.75, 3.05) is 6.61 Å². The van der Waals surface area contributed by atoms with E-state index in [2.05, 4.69) is 15.2 Å². The van der Waals surface area contributed by atoms with Crippen molar-refractivity contribution in [3.63, 3.8) is 0 Å². The molecule has 0 radical (unpaired) electrons. The van der Waals surface area contributed by atoms with Crippen LogP contribution in [0.15, 0.2) is 4.58 Å². The van der Waals surface area contributed by atoms with E-state index >= 15 is 0 Å². The summed E-state index contributed by atoms with van der Waals surface area (Å²) in [5.41, 5.74) is 0. The van der Waals surface area contributed by atoms with Crippen LogP contribution in [0, 0.1) is 4.91 Å². The maximum Gasteiger partial charge on any atom is 0.246 e. The zero-order valence-electron chi connectivity index (χ0n) is 13.9. The molecule has 1 fully saturated rings. The Kier molecular flexibility index (Phi) is 7.71. The number of nitrogens with zero attached hydrogens (tertiary/aromatic N) is 1. The fraction of sp³-hybridized carbons (Fsp3) is 0.846. The van der Waals surface area contributed by atoms with Gasteiger partial charge in [-0.1, -0.05) is 0 Å². The average Bonchev–Trinajstić information content (AvgIpc) is 2.52. The standard InChI is InChI=1S/C13H23N3O8S/c1-5(18)14-10(13(2,3)25-16-23)11(22)15-12-9(21)8(20)7(19)6(4-17)24-12/h6-10,12,17,19-21H,4H2,1-3H3,(H,14,18)(H,15,22)/t6?,7-,8?,9?,10?,12+/m0/s1. The van der Waals surface area contributed by atoms with Gasteiger partial charge in [0.1, 0.15) is 30.5 Å². The van der Waals surface area contributed by atoms with Gasteiger partial charge in [0.05, 0.1) is 11.4 Å². The summed E-state index contributed by atoms with van der Waals surface area (Å²) in [6.45, 7) is 3.55. The van der Waals surface area contributed by atoms with E-state index in [-0.39, 0.29) is 0 Å². The third kappa shape index (κ3) is 5.33. The summed E-state index contributed by atoms with van der Waals surface area (Å²) in [5, 5.41) is 43.2. The number of carbonyl (C=O) groups is 2. The molecular weight excluding hydrogens is 358 g/mol. The lowest BCUT2D eigenvalue weighted by atomic mass is 9.97. The first-order valence-electron chi connectivity index (χ1n) is 7.44. The summed E-state index contributed by atoms with van der Waals surface area (Å²) in [4.78, 5) is 34.4. The van der Waals surface area contributed by atoms with Gasteiger partial charge in [0, 0.05) is 23.5 Å². The number of hydrogen-bond donors (Lipinski definition) is 6. The number of ether oxygens (including phenoxy) is 1. The van der Waals surface area contributed by atoms with Crippen molar-refractivity contribution in [2.24, 2.45) is 4.58 Å². The van der Waals surface area contributed by atoms with Crippen molar-refractivity contribution in [3.05, 3.63) is 4.91 Å². The number of nitrogens with one attached hydrogen (secondary N) is 2. The molecule has 4 unspecified atom stereocenters. The summed E-state index contributed by atoms with van der Waals surface area (Å²) in [6.07, 6.45) is -7.52. The number of aliphatic hydroxyl groups is 4. The van der Waals surface area contributed by atoms with Gasteiger partial charge < -0.3 is 35.8 Å². The molecule has 0 aromatic carbocycles. The van der Waals surface area contributed by atoms with Gasteiger partial charge in [-0.15, -0.1) is 4.91 Å². The molecule has 1 aliphatic heterocycles. The second kappa shape index (κ2) is 8.87. The zero-order valence-corrected chi connectivity index (χ0v) is 14.8. The largest absolute Gasteiger partial charge is 0.394 e. The van der Waals surface area contributed by atoms with Gasteiger partial charge in [-0.25, -0.2) is 0 Å². The molecule has 2 amide bonds. The summed E-state index contributed by atoms with van der Waals surface area (Å²) < 4.78 is 6.74. The van der Waals surface area contributed by atoms with Crippen molar-refractivity contribution in [2.45, 2.75) is 62.2 Å². The van der Waals surface area contributed by atoms with Crippen LogP contribution in [0.3, 0.4) is 0 Å². The summed E-state index contributed by atoms with van der Waals surface area (Å²) >= 11 is 0.542. The van der Waals surface area contributed by atoms with E-state index in [1.807, 2.05) is 0 Å². The molecule has 0 bridgehead atoms. The highest BCUT2D eigenvalue weighted by Gasteiger charge is 2.46. The average molecular weight is 381 g/mol. The summed E-state index contributed by atoms with van der Waals surface area (Å²) in [6, 6.07) is -1.21. The van der Waals surface area contributed by atoms with E-state index in [0.717, 1.165) is 0 Å². The second-order valence-electron chi connectivity index (χ2n) is 6.16. The van der Waals surface area contributed by atoms with E-state index in [1.54, 1.807) is 0 Å². The number of rotatable bonds is 7. The second-order valence-corrected chi connectivity index (χ2v) is 7.54. The van der Waals surface area contributed by atoms with Gasteiger partial charge in [-0.3, -0.25) is 9.59 Å². The molecule has 1 rings (SSSR count). The van der Waals surface area contributed by atoms with E-state index in [9.17, 15) is 29.8 Å². The third-order valence-electron chi connectivity index (χ3n) is 3.75. The van der Waals surface area contributed by atoms with Crippen LogP contribution in [-0.2, 0) is 14.3 Å². The molecule has 0 aromatic rings. The lowest BCUT2D eigenvalue weighted by molar-refractivity contribution is -0.236. The van der Waals surface area contributed by atoms with Crippen LogP contribution >= 0.6 is 11.9 Å². The van der Waals surface area contributed by atoms with Crippen molar-refractivity contribution in [3.8, 4) is 0 Å². The molecule has 0 saturated carbocycles. The molecule has 1 aliphatic rings. The minimum atomic E-state index is -1.67. The number of amides is 2. The van der Waals surface area contributed by atoms with E-state index in [1.165, 1.54) is 20.8 Å². The summed E-state index contributed by atoms with van der Waals surface area (Å²) in [5.74, 6) is -1.34. The number of nitroso groups, excluding NO2 is 1. The Morgan fingerprint density at radius 3 is 2.32 bits per heavy atom. The molecule has 25 heavy (non-hydrogen) atoms. The first kappa shape index (κ1) is 21.7. The Labute approximate surface area is 148 Å². The van der Waals surface area contributed by atoms with Gasteiger partial charge in [0.2, 0.25) is 11.8 Å². The smallest absolute Gasteiger partial charge is 0.246 e. The number of aliphatic hydroxyl groups excluding tert-OH is 4. The molecule has 12 heteroatoms. The van der Waals surface area contributed by atoms with Gasteiger partial charge in [0.15, 0.2) is 6.23 Å². The van der Waals surface area contributed by atoms with E-state index < -0.39 is 59.9 Å². The zero-order chi connectivity index (χ0) is 19.4. The maximum atomic E-state index is 12.5. The van der Waals surface area contributed by atoms with Crippen LogP contribution < -0.4 is 10.6 Å². The van der Waals surface area contributed by atoms with E-state index in [0.29, 0.717) is 11.9 Å².